The van der Waals surface area contributed by atoms with Crippen LogP contribution in [-0.4, -0.2) is 20.9 Å². The van der Waals surface area contributed by atoms with Crippen molar-refractivity contribution in [3.8, 4) is 0 Å². The van der Waals surface area contributed by atoms with E-state index in [4.69, 9.17) is 16.7 Å². The van der Waals surface area contributed by atoms with Crippen LogP contribution in [0.3, 0.4) is 0 Å². The van der Waals surface area contributed by atoms with Crippen molar-refractivity contribution in [2.75, 3.05) is 0 Å². The van der Waals surface area contributed by atoms with Gasteiger partial charge >= 0.3 is 5.97 Å². The van der Waals surface area contributed by atoms with E-state index in [1.54, 1.807) is 4.68 Å². The van der Waals surface area contributed by atoms with Crippen LogP contribution in [0.1, 0.15) is 55.7 Å². The van der Waals surface area contributed by atoms with Crippen LogP contribution >= 0.6 is 11.6 Å². The van der Waals surface area contributed by atoms with E-state index in [9.17, 15) is 4.79 Å². The van der Waals surface area contributed by atoms with Gasteiger partial charge in [0.05, 0.1) is 0 Å². The minimum Gasteiger partial charge on any atom is -0.476 e. The van der Waals surface area contributed by atoms with Crippen LogP contribution in [0.4, 0.5) is 0 Å². The van der Waals surface area contributed by atoms with E-state index in [0.29, 0.717) is 10.7 Å². The van der Waals surface area contributed by atoms with Crippen molar-refractivity contribution in [1.82, 2.24) is 9.78 Å². The monoisotopic (exact) mass is 230 g/mol. The molecule has 0 radical (unpaired) electrons. The molecule has 84 valence electrons. The predicted octanol–water partition coefficient (Wildman–Crippen LogP) is 2.94. The lowest BCUT2D eigenvalue weighted by molar-refractivity contribution is 0.0687. The first-order valence-corrected chi connectivity index (χ1v) is 5.25. The van der Waals surface area contributed by atoms with E-state index in [-0.39, 0.29) is 17.7 Å². The van der Waals surface area contributed by atoms with Gasteiger partial charge in [-0.3, -0.25) is 4.68 Å². The molecule has 15 heavy (non-hydrogen) atoms. The van der Waals surface area contributed by atoms with Crippen LogP contribution in [-0.2, 0) is 0 Å². The Hall–Kier alpha value is -1.03. The van der Waals surface area contributed by atoms with Gasteiger partial charge in [-0.25, -0.2) is 4.79 Å². The fourth-order valence-electron chi connectivity index (χ4n) is 1.44. The molecule has 0 fully saturated rings. The van der Waals surface area contributed by atoms with Crippen molar-refractivity contribution in [1.29, 1.82) is 0 Å². The number of rotatable bonds is 3. The molecule has 0 spiro atoms. The van der Waals surface area contributed by atoms with Gasteiger partial charge in [0, 0.05) is 11.6 Å². The number of hydrogen-bond donors (Lipinski definition) is 1. The number of nitrogens with zero attached hydrogens (tertiary/aromatic N) is 2. The molecule has 4 nitrogen and oxygen atoms in total. The molecule has 0 bridgehead atoms. The third kappa shape index (κ3) is 2.15. The minimum absolute atomic E-state index is 0.0519. The topological polar surface area (TPSA) is 55.1 Å². The molecule has 1 aromatic rings. The summed E-state index contributed by atoms with van der Waals surface area (Å²) in [6.07, 6.45) is 0. The molecule has 5 heteroatoms. The summed E-state index contributed by atoms with van der Waals surface area (Å²) in [5.41, 5.74) is 0.668. The fourth-order valence-corrected chi connectivity index (χ4v) is 1.98. The van der Waals surface area contributed by atoms with Crippen LogP contribution in [0.15, 0.2) is 0 Å². The molecule has 0 saturated heterocycles. The van der Waals surface area contributed by atoms with Crippen LogP contribution < -0.4 is 0 Å². The molecule has 0 aliphatic heterocycles. The van der Waals surface area contributed by atoms with Gasteiger partial charge < -0.3 is 5.11 Å². The Kier molecular flexibility index (Phi) is 3.39. The summed E-state index contributed by atoms with van der Waals surface area (Å²) in [6, 6.07) is 0.0584. The van der Waals surface area contributed by atoms with E-state index in [1.165, 1.54) is 0 Å². The summed E-state index contributed by atoms with van der Waals surface area (Å²) >= 11 is 6.10. The molecule has 0 aliphatic carbocycles. The number of aromatic nitrogens is 2. The average Bonchev–Trinajstić information content (AvgIpc) is 2.42. The molecule has 0 aromatic carbocycles. The van der Waals surface area contributed by atoms with Crippen LogP contribution in [0.25, 0.3) is 0 Å². The lowest BCUT2D eigenvalue weighted by atomic mass is 10.0. The average molecular weight is 231 g/mol. The smallest absolute Gasteiger partial charge is 0.356 e. The second-order valence-electron chi connectivity index (χ2n) is 4.05. The van der Waals surface area contributed by atoms with Gasteiger partial charge in [0.1, 0.15) is 5.15 Å². The van der Waals surface area contributed by atoms with Crippen LogP contribution in [0.2, 0.25) is 5.15 Å². The molecule has 0 aliphatic rings. The summed E-state index contributed by atoms with van der Waals surface area (Å²) < 4.78 is 1.54. The molecule has 1 rings (SSSR count). The van der Waals surface area contributed by atoms with Gasteiger partial charge in [-0.1, -0.05) is 25.4 Å². The molecule has 1 N–H and O–H groups in total. The van der Waals surface area contributed by atoms with Crippen molar-refractivity contribution in [2.45, 2.75) is 39.7 Å². The first-order chi connectivity index (χ1) is 6.86. The summed E-state index contributed by atoms with van der Waals surface area (Å²) in [6.45, 7) is 7.63. The third-order valence-corrected chi connectivity index (χ3v) is 2.53. The lowest BCUT2D eigenvalue weighted by Crippen LogP contribution is -2.05. The van der Waals surface area contributed by atoms with E-state index in [0.717, 1.165) is 0 Å². The van der Waals surface area contributed by atoms with Gasteiger partial charge in [0.15, 0.2) is 5.69 Å². The highest BCUT2D eigenvalue weighted by atomic mass is 35.5. The summed E-state index contributed by atoms with van der Waals surface area (Å²) in [4.78, 5) is 11.0. The Morgan fingerprint density at radius 2 is 1.93 bits per heavy atom. The quantitative estimate of drug-likeness (QED) is 0.869. The predicted molar refractivity (Wildman–Crippen MR) is 58.7 cm³/mol. The molecular weight excluding hydrogens is 216 g/mol. The SMILES string of the molecule is CC(C)c1c(C(=O)O)nn(C(C)C)c1Cl. The highest BCUT2D eigenvalue weighted by Crippen LogP contribution is 2.29. The first-order valence-electron chi connectivity index (χ1n) is 4.87. The second kappa shape index (κ2) is 4.23. The van der Waals surface area contributed by atoms with Crippen molar-refractivity contribution in [3.05, 3.63) is 16.4 Å². The normalized spacial score (nSPS) is 11.4. The maximum absolute atomic E-state index is 11.0. The number of hydrogen-bond acceptors (Lipinski definition) is 2. The molecule has 1 heterocycles. The Balaban J connectivity index is 3.39. The Morgan fingerprint density at radius 3 is 2.20 bits per heavy atom. The van der Waals surface area contributed by atoms with Crippen molar-refractivity contribution < 1.29 is 9.90 Å². The number of carboxylic acids is 1. The van der Waals surface area contributed by atoms with Crippen LogP contribution in [0.5, 0.6) is 0 Å². The summed E-state index contributed by atoms with van der Waals surface area (Å²) in [5, 5.41) is 13.4. The molecule has 0 saturated carbocycles. The van der Waals surface area contributed by atoms with E-state index < -0.39 is 5.97 Å². The fraction of sp³-hybridized carbons (Fsp3) is 0.600. The maximum Gasteiger partial charge on any atom is 0.356 e. The molecule has 0 unspecified atom stereocenters. The van der Waals surface area contributed by atoms with Crippen molar-refractivity contribution in [3.63, 3.8) is 0 Å². The zero-order valence-corrected chi connectivity index (χ0v) is 10.0. The summed E-state index contributed by atoms with van der Waals surface area (Å²) in [7, 11) is 0. The summed E-state index contributed by atoms with van der Waals surface area (Å²) in [5.74, 6) is -0.976. The van der Waals surface area contributed by atoms with Crippen molar-refractivity contribution >= 4 is 17.6 Å². The largest absolute Gasteiger partial charge is 0.476 e. The van der Waals surface area contributed by atoms with Gasteiger partial charge in [-0.2, -0.15) is 5.10 Å². The number of carboxylic acid groups (broad SMARTS) is 1. The molecule has 1 aromatic heterocycles. The van der Waals surface area contributed by atoms with Gasteiger partial charge in [0.25, 0.3) is 0 Å². The standard InChI is InChI=1S/C10H15ClN2O2/c1-5(2)7-8(10(14)15)12-13(6(3)4)9(7)11/h5-6H,1-4H3,(H,14,15). The second-order valence-corrected chi connectivity index (χ2v) is 4.41. The Morgan fingerprint density at radius 1 is 1.40 bits per heavy atom. The lowest BCUT2D eigenvalue weighted by Gasteiger charge is -2.07. The first kappa shape index (κ1) is 12.0. The number of aromatic carboxylic acids is 1. The van der Waals surface area contributed by atoms with E-state index >= 15 is 0 Å². The van der Waals surface area contributed by atoms with E-state index in [2.05, 4.69) is 5.10 Å². The van der Waals surface area contributed by atoms with Gasteiger partial charge in [-0.15, -0.1) is 0 Å². The van der Waals surface area contributed by atoms with Crippen molar-refractivity contribution in [2.24, 2.45) is 0 Å². The molecular formula is C10H15ClN2O2. The Labute approximate surface area is 93.9 Å². The zero-order chi connectivity index (χ0) is 11.7. The third-order valence-electron chi connectivity index (χ3n) is 2.16. The number of carbonyl (C=O) groups is 1. The number of halogens is 1. The van der Waals surface area contributed by atoms with Crippen LogP contribution in [0, 0.1) is 0 Å². The highest BCUT2D eigenvalue weighted by Gasteiger charge is 2.24. The van der Waals surface area contributed by atoms with E-state index in [1.807, 2.05) is 27.7 Å². The minimum atomic E-state index is -1.03. The maximum atomic E-state index is 11.0. The molecule has 0 atom stereocenters. The zero-order valence-electron chi connectivity index (χ0n) is 9.28. The van der Waals surface area contributed by atoms with Gasteiger partial charge in [0.2, 0.25) is 0 Å². The van der Waals surface area contributed by atoms with Gasteiger partial charge in [-0.05, 0) is 19.8 Å². The molecule has 0 amide bonds. The highest BCUT2D eigenvalue weighted by molar-refractivity contribution is 6.31. The Bertz CT molecular complexity index is 383.